The molecule has 0 bridgehead atoms. The van der Waals surface area contributed by atoms with Crippen LogP contribution in [0.3, 0.4) is 0 Å². The molecule has 2 aliphatic rings. The number of benzene rings is 2. The number of carbonyl (C=O) groups is 4. The van der Waals surface area contributed by atoms with Crippen LogP contribution in [0, 0.1) is 18.3 Å². The highest BCUT2D eigenvalue weighted by molar-refractivity contribution is 6.07. The van der Waals surface area contributed by atoms with E-state index in [2.05, 4.69) is 15.5 Å². The summed E-state index contributed by atoms with van der Waals surface area (Å²) in [6, 6.07) is 10.4. The van der Waals surface area contributed by atoms with E-state index in [0.717, 1.165) is 17.7 Å². The largest absolute Gasteiger partial charge is 0.341 e. The Morgan fingerprint density at radius 1 is 1.18 bits per heavy atom. The summed E-state index contributed by atoms with van der Waals surface area (Å²) < 4.78 is 13.3. The summed E-state index contributed by atoms with van der Waals surface area (Å²) in [5.41, 5.74) is 0.628. The Labute approximate surface area is 233 Å². The quantitative estimate of drug-likeness (QED) is 0.493. The predicted molar refractivity (Wildman–Crippen MR) is 147 cm³/mol. The Morgan fingerprint density at radius 3 is 2.48 bits per heavy atom. The molecular formula is C30H34FN5O4. The Morgan fingerprint density at radius 2 is 1.85 bits per heavy atom. The molecule has 2 heterocycles. The highest BCUT2D eigenvalue weighted by Crippen LogP contribution is 2.47. The van der Waals surface area contributed by atoms with Crippen LogP contribution in [0.4, 0.5) is 10.1 Å². The molecule has 4 rings (SSSR count). The predicted octanol–water partition coefficient (Wildman–Crippen LogP) is 3.57. The van der Waals surface area contributed by atoms with Gasteiger partial charge in [-0.3, -0.25) is 28.9 Å². The van der Waals surface area contributed by atoms with Gasteiger partial charge in [0, 0.05) is 24.3 Å². The van der Waals surface area contributed by atoms with Crippen molar-refractivity contribution in [2.45, 2.75) is 64.2 Å². The lowest BCUT2D eigenvalue weighted by atomic mass is 9.80. The van der Waals surface area contributed by atoms with Crippen LogP contribution in [0.2, 0.25) is 0 Å². The molecule has 0 aromatic heterocycles. The smallest absolute Gasteiger partial charge is 0.302 e. The van der Waals surface area contributed by atoms with Crippen LogP contribution in [0.1, 0.15) is 56.5 Å². The molecule has 2 aromatic carbocycles. The first-order valence-electron chi connectivity index (χ1n) is 13.5. The lowest BCUT2D eigenvalue weighted by Crippen LogP contribution is -2.56. The number of halogens is 1. The molecule has 1 spiro atoms. The molecule has 10 heteroatoms. The zero-order chi connectivity index (χ0) is 29.2. The maximum Gasteiger partial charge on any atom is 0.302 e. The van der Waals surface area contributed by atoms with E-state index in [1.165, 1.54) is 28.9 Å². The van der Waals surface area contributed by atoms with Gasteiger partial charge in [0.1, 0.15) is 23.3 Å². The third-order valence-electron chi connectivity index (χ3n) is 7.69. The Balaban J connectivity index is 1.58. The van der Waals surface area contributed by atoms with Gasteiger partial charge in [-0.05, 0) is 62.1 Å². The van der Waals surface area contributed by atoms with Gasteiger partial charge in [-0.2, -0.15) is 0 Å². The third kappa shape index (κ3) is 5.28. The van der Waals surface area contributed by atoms with Crippen molar-refractivity contribution in [3.05, 3.63) is 76.9 Å². The molecule has 0 unspecified atom stereocenters. The first-order chi connectivity index (χ1) is 19.0. The fourth-order valence-corrected chi connectivity index (χ4v) is 5.68. The summed E-state index contributed by atoms with van der Waals surface area (Å²) in [7, 11) is 0. The lowest BCUT2D eigenvalue weighted by Gasteiger charge is -2.35. The maximum atomic E-state index is 14.1. The number of amides is 4. The lowest BCUT2D eigenvalue weighted by molar-refractivity contribution is -0.147. The number of nitrogens with zero attached hydrogens (tertiary/aromatic N) is 3. The molecule has 2 N–H and O–H groups in total. The number of likely N-dealkylation sites (tertiary alicyclic amines) is 1. The summed E-state index contributed by atoms with van der Waals surface area (Å²) in [5.74, 6) is -2.06. The van der Waals surface area contributed by atoms with Gasteiger partial charge < -0.3 is 15.5 Å². The van der Waals surface area contributed by atoms with Crippen LogP contribution in [0.5, 0.6) is 0 Å². The Hall–Kier alpha value is -4.26. The molecule has 0 aliphatic carbocycles. The second-order valence-corrected chi connectivity index (χ2v) is 10.8. The van der Waals surface area contributed by atoms with Crippen molar-refractivity contribution in [3.8, 4) is 0 Å². The molecular weight excluding hydrogens is 513 g/mol. The highest BCUT2D eigenvalue weighted by Gasteiger charge is 2.59. The number of para-hydroxylation sites is 1. The van der Waals surface area contributed by atoms with Gasteiger partial charge in [-0.1, -0.05) is 32.0 Å². The summed E-state index contributed by atoms with van der Waals surface area (Å²) in [4.78, 5) is 60.2. The SMILES string of the molecule is [C-]#[N+][C@@H]1C[C@@]2(CN1C(=O)[C@H](CC(C)C)N(CC)C(=O)[C@H](C)NC(=O)c1ccc(F)cc1)C(=O)Nc1ccccc12. The van der Waals surface area contributed by atoms with Gasteiger partial charge in [0.05, 0.1) is 6.42 Å². The van der Waals surface area contributed by atoms with Crippen molar-refractivity contribution in [2.24, 2.45) is 5.92 Å². The molecule has 9 nitrogen and oxygen atoms in total. The van der Waals surface area contributed by atoms with Gasteiger partial charge in [-0.15, -0.1) is 0 Å². The fourth-order valence-electron chi connectivity index (χ4n) is 5.68. The Bertz CT molecular complexity index is 1350. The van der Waals surface area contributed by atoms with Gasteiger partial charge in [0.25, 0.3) is 11.8 Å². The number of hydrogen-bond donors (Lipinski definition) is 2. The molecule has 1 fully saturated rings. The molecule has 1 saturated heterocycles. The van der Waals surface area contributed by atoms with Crippen molar-refractivity contribution in [3.63, 3.8) is 0 Å². The average molecular weight is 548 g/mol. The molecule has 2 aromatic rings. The first kappa shape index (κ1) is 28.7. The summed E-state index contributed by atoms with van der Waals surface area (Å²) in [5, 5.41) is 5.54. The second kappa shape index (κ2) is 11.5. The van der Waals surface area contributed by atoms with Gasteiger partial charge in [0.15, 0.2) is 0 Å². The minimum Gasteiger partial charge on any atom is -0.341 e. The molecule has 4 atom stereocenters. The molecule has 210 valence electrons. The van der Waals surface area contributed by atoms with Crippen LogP contribution in [0.25, 0.3) is 4.85 Å². The standard InChI is InChI=1S/C30H34FN5O4/c1-6-35(27(38)19(4)33-26(37)20-11-13-21(31)14-12-20)24(15-18(2)3)28(39)36-17-30(16-25(36)32-5)22-9-7-8-10-23(22)34-29(30)40/h7-14,18-19,24-25H,6,15-17H2,1-4H3,(H,33,37)(H,34,40)/t19-,24-,25-,30-/m0/s1. The van der Waals surface area contributed by atoms with Gasteiger partial charge >= 0.3 is 6.17 Å². The fraction of sp³-hybridized carbons (Fsp3) is 0.433. The van der Waals surface area contributed by atoms with Gasteiger partial charge in [-0.25, -0.2) is 11.0 Å². The van der Waals surface area contributed by atoms with E-state index in [4.69, 9.17) is 6.57 Å². The number of rotatable bonds is 8. The van der Waals surface area contributed by atoms with Crippen molar-refractivity contribution < 1.29 is 23.6 Å². The van der Waals surface area contributed by atoms with E-state index in [1.807, 2.05) is 32.0 Å². The minimum atomic E-state index is -1.03. The summed E-state index contributed by atoms with van der Waals surface area (Å²) >= 11 is 0. The number of likely N-dealkylation sites (N-methyl/N-ethyl adjacent to an activating group) is 1. The molecule has 4 amide bonds. The molecule has 40 heavy (non-hydrogen) atoms. The molecule has 2 aliphatic heterocycles. The van der Waals surface area contributed by atoms with Gasteiger partial charge in [0.2, 0.25) is 11.8 Å². The van der Waals surface area contributed by atoms with Crippen LogP contribution < -0.4 is 10.6 Å². The normalized spacial score (nSPS) is 21.0. The summed E-state index contributed by atoms with van der Waals surface area (Å²) in [6.07, 6.45) is -0.346. The third-order valence-corrected chi connectivity index (χ3v) is 7.69. The monoisotopic (exact) mass is 547 g/mol. The van der Waals surface area contributed by atoms with Crippen molar-refractivity contribution in [1.29, 1.82) is 0 Å². The number of fused-ring (bicyclic) bond motifs is 2. The van der Waals surface area contributed by atoms with Crippen molar-refractivity contribution in [1.82, 2.24) is 15.1 Å². The van der Waals surface area contributed by atoms with Crippen LogP contribution in [-0.2, 0) is 19.8 Å². The van der Waals surface area contributed by atoms with E-state index in [0.29, 0.717) is 12.1 Å². The van der Waals surface area contributed by atoms with E-state index in [9.17, 15) is 23.6 Å². The van der Waals surface area contributed by atoms with Crippen LogP contribution >= 0.6 is 0 Å². The van der Waals surface area contributed by atoms with Crippen molar-refractivity contribution in [2.75, 3.05) is 18.4 Å². The second-order valence-electron chi connectivity index (χ2n) is 10.8. The van der Waals surface area contributed by atoms with E-state index < -0.39 is 47.2 Å². The zero-order valence-electron chi connectivity index (χ0n) is 23.1. The maximum absolute atomic E-state index is 14.1. The summed E-state index contributed by atoms with van der Waals surface area (Å²) in [6.45, 7) is 15.2. The highest BCUT2D eigenvalue weighted by atomic mass is 19.1. The van der Waals surface area contributed by atoms with E-state index >= 15 is 0 Å². The Kier molecular flexibility index (Phi) is 8.24. The van der Waals surface area contributed by atoms with E-state index in [-0.39, 0.29) is 36.9 Å². The van der Waals surface area contributed by atoms with E-state index in [1.54, 1.807) is 13.0 Å². The molecule has 0 radical (unpaired) electrons. The topological polar surface area (TPSA) is 103 Å². The number of anilines is 1. The van der Waals surface area contributed by atoms with Crippen molar-refractivity contribution >= 4 is 29.3 Å². The van der Waals surface area contributed by atoms with Crippen LogP contribution in [0.15, 0.2) is 48.5 Å². The van der Waals surface area contributed by atoms with Crippen LogP contribution in [-0.4, -0.2) is 64.8 Å². The average Bonchev–Trinajstić information content (AvgIpc) is 3.46. The minimum absolute atomic E-state index is 0.0402. The molecule has 0 saturated carbocycles. The number of hydrogen-bond acceptors (Lipinski definition) is 4. The number of nitrogens with one attached hydrogen (secondary N) is 2. The number of carbonyl (C=O) groups excluding carboxylic acids is 4. The zero-order valence-corrected chi connectivity index (χ0v) is 23.1. The first-order valence-corrected chi connectivity index (χ1v) is 13.5.